The van der Waals surface area contributed by atoms with Crippen LogP contribution in [0.2, 0.25) is 0 Å². The van der Waals surface area contributed by atoms with E-state index >= 15 is 0 Å². The molecule has 1 aliphatic rings. The SMILES string of the molecule is CCNC(=NCCN1CCN(C(C)=O)CC1)NC(C)CC. The van der Waals surface area contributed by atoms with Crippen LogP contribution in [0.15, 0.2) is 4.99 Å². The minimum atomic E-state index is 0.180. The van der Waals surface area contributed by atoms with Crippen LogP contribution in [0.4, 0.5) is 0 Å². The van der Waals surface area contributed by atoms with Gasteiger partial charge in [0.15, 0.2) is 5.96 Å². The molecule has 1 saturated heterocycles. The topological polar surface area (TPSA) is 60.0 Å². The number of nitrogens with one attached hydrogen (secondary N) is 2. The fourth-order valence-corrected chi connectivity index (χ4v) is 2.25. The maximum atomic E-state index is 11.3. The Morgan fingerprint density at radius 2 is 1.90 bits per heavy atom. The number of guanidine groups is 1. The highest BCUT2D eigenvalue weighted by Crippen LogP contribution is 2.01. The summed E-state index contributed by atoms with van der Waals surface area (Å²) in [5.74, 6) is 1.08. The van der Waals surface area contributed by atoms with E-state index in [1.165, 1.54) is 0 Å². The second kappa shape index (κ2) is 9.60. The monoisotopic (exact) mass is 297 g/mol. The Bertz CT molecular complexity index is 337. The van der Waals surface area contributed by atoms with Crippen molar-refractivity contribution in [2.75, 3.05) is 45.8 Å². The Labute approximate surface area is 129 Å². The maximum absolute atomic E-state index is 11.3. The minimum Gasteiger partial charge on any atom is -0.357 e. The molecule has 1 amide bonds. The van der Waals surface area contributed by atoms with Gasteiger partial charge in [0.2, 0.25) is 5.91 Å². The van der Waals surface area contributed by atoms with Gasteiger partial charge in [-0.2, -0.15) is 0 Å². The highest BCUT2D eigenvalue weighted by Gasteiger charge is 2.17. The van der Waals surface area contributed by atoms with E-state index in [-0.39, 0.29) is 5.91 Å². The van der Waals surface area contributed by atoms with Gasteiger partial charge in [-0.3, -0.25) is 14.7 Å². The zero-order chi connectivity index (χ0) is 15.7. The predicted octanol–water partition coefficient (Wildman–Crippen LogP) is 0.504. The molecular weight excluding hydrogens is 266 g/mol. The van der Waals surface area contributed by atoms with Crippen molar-refractivity contribution < 1.29 is 4.79 Å². The van der Waals surface area contributed by atoms with E-state index in [0.717, 1.165) is 58.2 Å². The Balaban J connectivity index is 2.32. The number of carbonyl (C=O) groups excluding carboxylic acids is 1. The van der Waals surface area contributed by atoms with Crippen LogP contribution in [0.5, 0.6) is 0 Å². The lowest BCUT2D eigenvalue weighted by Gasteiger charge is -2.33. The van der Waals surface area contributed by atoms with Crippen molar-refractivity contribution in [3.8, 4) is 0 Å². The summed E-state index contributed by atoms with van der Waals surface area (Å²) in [5.41, 5.74) is 0. The van der Waals surface area contributed by atoms with Crippen LogP contribution >= 0.6 is 0 Å². The number of hydrogen-bond acceptors (Lipinski definition) is 3. The summed E-state index contributed by atoms with van der Waals surface area (Å²) in [7, 11) is 0. The molecule has 21 heavy (non-hydrogen) atoms. The van der Waals surface area contributed by atoms with Crippen molar-refractivity contribution in [2.45, 2.75) is 40.2 Å². The summed E-state index contributed by atoms with van der Waals surface area (Å²) in [6.07, 6.45) is 1.08. The van der Waals surface area contributed by atoms with Crippen molar-refractivity contribution in [2.24, 2.45) is 4.99 Å². The molecule has 122 valence electrons. The van der Waals surface area contributed by atoms with E-state index in [1.54, 1.807) is 6.92 Å². The van der Waals surface area contributed by atoms with Gasteiger partial charge in [-0.25, -0.2) is 0 Å². The molecule has 0 radical (unpaired) electrons. The van der Waals surface area contributed by atoms with Crippen molar-refractivity contribution in [3.05, 3.63) is 0 Å². The van der Waals surface area contributed by atoms with Crippen molar-refractivity contribution in [1.82, 2.24) is 20.4 Å². The fourth-order valence-electron chi connectivity index (χ4n) is 2.25. The molecule has 1 aliphatic heterocycles. The number of carbonyl (C=O) groups is 1. The molecule has 1 atom stereocenters. The van der Waals surface area contributed by atoms with Gasteiger partial charge in [0.25, 0.3) is 0 Å². The van der Waals surface area contributed by atoms with Gasteiger partial charge in [0.05, 0.1) is 6.54 Å². The average molecular weight is 297 g/mol. The van der Waals surface area contributed by atoms with Gasteiger partial charge < -0.3 is 15.5 Å². The lowest BCUT2D eigenvalue weighted by atomic mass is 10.3. The third kappa shape index (κ3) is 6.80. The van der Waals surface area contributed by atoms with Crippen molar-refractivity contribution >= 4 is 11.9 Å². The molecule has 1 unspecified atom stereocenters. The van der Waals surface area contributed by atoms with Gasteiger partial charge in [-0.15, -0.1) is 0 Å². The highest BCUT2D eigenvalue weighted by molar-refractivity contribution is 5.80. The average Bonchev–Trinajstić information content (AvgIpc) is 2.47. The largest absolute Gasteiger partial charge is 0.357 e. The first-order valence-corrected chi connectivity index (χ1v) is 8.09. The van der Waals surface area contributed by atoms with Crippen LogP contribution in [0.25, 0.3) is 0 Å². The van der Waals surface area contributed by atoms with Crippen LogP contribution < -0.4 is 10.6 Å². The van der Waals surface area contributed by atoms with Crippen LogP contribution in [-0.2, 0) is 4.79 Å². The van der Waals surface area contributed by atoms with Crippen molar-refractivity contribution in [1.29, 1.82) is 0 Å². The van der Waals surface area contributed by atoms with Gasteiger partial charge in [-0.1, -0.05) is 6.92 Å². The van der Waals surface area contributed by atoms with Gasteiger partial charge in [0.1, 0.15) is 0 Å². The summed E-state index contributed by atoms with van der Waals surface area (Å²) in [5, 5.41) is 6.67. The molecule has 0 spiro atoms. The first kappa shape index (κ1) is 17.8. The summed E-state index contributed by atoms with van der Waals surface area (Å²) in [4.78, 5) is 20.2. The number of hydrogen-bond donors (Lipinski definition) is 2. The predicted molar refractivity (Wildman–Crippen MR) is 87.6 cm³/mol. The summed E-state index contributed by atoms with van der Waals surface area (Å²) >= 11 is 0. The number of piperazine rings is 1. The summed E-state index contributed by atoms with van der Waals surface area (Å²) in [6.45, 7) is 14.2. The Morgan fingerprint density at radius 3 is 2.43 bits per heavy atom. The van der Waals surface area contributed by atoms with Crippen LogP contribution in [0.3, 0.4) is 0 Å². The molecule has 0 aromatic heterocycles. The third-order valence-electron chi connectivity index (χ3n) is 3.84. The number of amides is 1. The molecule has 6 nitrogen and oxygen atoms in total. The molecule has 6 heteroatoms. The third-order valence-corrected chi connectivity index (χ3v) is 3.84. The molecule has 0 aromatic rings. The second-order valence-electron chi connectivity index (χ2n) is 5.56. The van der Waals surface area contributed by atoms with Crippen LogP contribution in [0, 0.1) is 0 Å². The first-order chi connectivity index (χ1) is 10.1. The van der Waals surface area contributed by atoms with Crippen LogP contribution in [0.1, 0.15) is 34.1 Å². The second-order valence-corrected chi connectivity index (χ2v) is 5.56. The molecule has 1 heterocycles. The molecule has 0 bridgehead atoms. The maximum Gasteiger partial charge on any atom is 0.219 e. The lowest BCUT2D eigenvalue weighted by Crippen LogP contribution is -2.48. The van der Waals surface area contributed by atoms with E-state index in [0.29, 0.717) is 6.04 Å². The van der Waals surface area contributed by atoms with Crippen LogP contribution in [-0.4, -0.2) is 73.5 Å². The lowest BCUT2D eigenvalue weighted by molar-refractivity contribution is -0.130. The number of rotatable bonds is 6. The zero-order valence-corrected chi connectivity index (χ0v) is 14.0. The van der Waals surface area contributed by atoms with E-state index in [1.807, 2.05) is 4.90 Å². The molecule has 0 aliphatic carbocycles. The zero-order valence-electron chi connectivity index (χ0n) is 14.0. The standard InChI is InChI=1S/C15H31N5O/c1-5-13(3)18-15(16-6-2)17-7-8-19-9-11-20(12-10-19)14(4)21/h13H,5-12H2,1-4H3,(H2,16,17,18). The quantitative estimate of drug-likeness (QED) is 0.554. The first-order valence-electron chi connectivity index (χ1n) is 8.09. The number of nitrogens with zero attached hydrogens (tertiary/aromatic N) is 3. The summed E-state index contributed by atoms with van der Waals surface area (Å²) in [6, 6.07) is 0.432. The molecule has 2 N–H and O–H groups in total. The van der Waals surface area contributed by atoms with Gasteiger partial charge >= 0.3 is 0 Å². The fraction of sp³-hybridized carbons (Fsp3) is 0.867. The van der Waals surface area contributed by atoms with Gasteiger partial charge in [0, 0.05) is 52.2 Å². The normalized spacial score (nSPS) is 18.5. The summed E-state index contributed by atoms with van der Waals surface area (Å²) < 4.78 is 0. The molecule has 1 rings (SSSR count). The Kier molecular flexibility index (Phi) is 8.12. The van der Waals surface area contributed by atoms with E-state index in [9.17, 15) is 4.79 Å². The molecule has 0 saturated carbocycles. The molecular formula is C15H31N5O. The number of aliphatic imine (C=N–C) groups is 1. The smallest absolute Gasteiger partial charge is 0.219 e. The molecule has 0 aromatic carbocycles. The Morgan fingerprint density at radius 1 is 1.24 bits per heavy atom. The molecule has 1 fully saturated rings. The van der Waals surface area contributed by atoms with E-state index in [4.69, 9.17) is 0 Å². The van der Waals surface area contributed by atoms with Gasteiger partial charge in [-0.05, 0) is 20.3 Å². The van der Waals surface area contributed by atoms with E-state index in [2.05, 4.69) is 41.3 Å². The van der Waals surface area contributed by atoms with Crippen molar-refractivity contribution in [3.63, 3.8) is 0 Å². The highest BCUT2D eigenvalue weighted by atomic mass is 16.2. The Hall–Kier alpha value is -1.30. The minimum absolute atomic E-state index is 0.180. The van der Waals surface area contributed by atoms with E-state index < -0.39 is 0 Å².